The van der Waals surface area contributed by atoms with E-state index in [9.17, 15) is 14.7 Å². The molecular formula is C23H33N5O5. The van der Waals surface area contributed by atoms with Crippen LogP contribution in [0, 0.1) is 12.8 Å². The highest BCUT2D eigenvalue weighted by atomic mass is 16.5. The average molecular weight is 460 g/mol. The molecule has 1 saturated carbocycles. The van der Waals surface area contributed by atoms with Gasteiger partial charge in [-0.15, -0.1) is 5.10 Å². The second-order valence-electron chi connectivity index (χ2n) is 8.43. The van der Waals surface area contributed by atoms with Gasteiger partial charge in [-0.25, -0.2) is 14.5 Å². The van der Waals surface area contributed by atoms with E-state index in [1.807, 2.05) is 13.0 Å². The first kappa shape index (κ1) is 24.5. The van der Waals surface area contributed by atoms with Crippen LogP contribution in [0.25, 0.3) is 11.4 Å². The van der Waals surface area contributed by atoms with E-state index in [-0.39, 0.29) is 18.6 Å². The van der Waals surface area contributed by atoms with E-state index in [1.165, 1.54) is 0 Å². The Hall–Kier alpha value is -3.17. The van der Waals surface area contributed by atoms with Gasteiger partial charge >= 0.3 is 12.1 Å². The van der Waals surface area contributed by atoms with Crippen molar-refractivity contribution in [3.8, 4) is 17.1 Å². The van der Waals surface area contributed by atoms with Gasteiger partial charge in [0, 0.05) is 7.05 Å². The number of pyridine rings is 1. The maximum atomic E-state index is 12.0. The van der Waals surface area contributed by atoms with E-state index in [4.69, 9.17) is 9.47 Å². The second-order valence-corrected chi connectivity index (χ2v) is 8.43. The number of nitrogens with zero attached hydrogens (tertiary/aromatic N) is 4. The molecular weight excluding hydrogens is 426 g/mol. The van der Waals surface area contributed by atoms with Crippen molar-refractivity contribution >= 4 is 12.1 Å². The Morgan fingerprint density at radius 3 is 2.82 bits per heavy atom. The third kappa shape index (κ3) is 6.66. The fourth-order valence-corrected chi connectivity index (χ4v) is 3.96. The Labute approximate surface area is 193 Å². The van der Waals surface area contributed by atoms with Gasteiger partial charge in [-0.2, -0.15) is 0 Å². The van der Waals surface area contributed by atoms with Crippen molar-refractivity contribution in [2.45, 2.75) is 71.4 Å². The van der Waals surface area contributed by atoms with Gasteiger partial charge in [-0.05, 0) is 51.2 Å². The van der Waals surface area contributed by atoms with Crippen LogP contribution in [0.15, 0.2) is 12.1 Å². The van der Waals surface area contributed by atoms with E-state index < -0.39 is 12.1 Å². The van der Waals surface area contributed by atoms with E-state index in [2.05, 4.69) is 27.5 Å². The fourth-order valence-electron chi connectivity index (χ4n) is 3.96. The number of rotatable bonds is 10. The summed E-state index contributed by atoms with van der Waals surface area (Å²) >= 11 is 0. The van der Waals surface area contributed by atoms with Crippen LogP contribution in [0.2, 0.25) is 0 Å². The van der Waals surface area contributed by atoms with Gasteiger partial charge in [0.05, 0.1) is 42.3 Å². The van der Waals surface area contributed by atoms with E-state index in [0.717, 1.165) is 32.1 Å². The molecule has 2 aromatic rings. The van der Waals surface area contributed by atoms with Crippen molar-refractivity contribution in [3.63, 3.8) is 0 Å². The van der Waals surface area contributed by atoms with Crippen molar-refractivity contribution in [1.82, 2.24) is 25.3 Å². The minimum absolute atomic E-state index is 0.134. The third-order valence-corrected chi connectivity index (χ3v) is 5.87. The van der Waals surface area contributed by atoms with Crippen molar-refractivity contribution < 1.29 is 24.2 Å². The Morgan fingerprint density at radius 2 is 2.09 bits per heavy atom. The minimum Gasteiger partial charge on any atom is -0.489 e. The summed E-state index contributed by atoms with van der Waals surface area (Å²) < 4.78 is 12.9. The Kier molecular flexibility index (Phi) is 8.62. The monoisotopic (exact) mass is 459 g/mol. The summed E-state index contributed by atoms with van der Waals surface area (Å²) in [7, 11) is 1.76. The quantitative estimate of drug-likeness (QED) is 0.516. The molecule has 0 radical (unpaired) electrons. The standard InChI is InChI=1S/C23H33N5O5/c1-4-5-6-12-32-23(31)24-14-19-21(26-27-28(19)3)18-10-11-20(15(2)25-18)33-17-9-7-8-16(13-17)22(29)30/h10-11,16-17H,4-9,12-14H2,1-3H3,(H,24,31)(H,29,30)/t16?,17-/m0/s1. The molecule has 0 aromatic carbocycles. The van der Waals surface area contributed by atoms with Gasteiger partial charge in [0.15, 0.2) is 0 Å². The number of hydrogen-bond acceptors (Lipinski definition) is 7. The highest BCUT2D eigenvalue weighted by Crippen LogP contribution is 2.30. The summed E-state index contributed by atoms with van der Waals surface area (Å²) in [4.78, 5) is 27.9. The number of carbonyl (C=O) groups excluding carboxylic acids is 1. The summed E-state index contributed by atoms with van der Waals surface area (Å²) in [5.74, 6) is -0.486. The lowest BCUT2D eigenvalue weighted by Crippen LogP contribution is -2.29. The van der Waals surface area contributed by atoms with Crippen LogP contribution < -0.4 is 10.1 Å². The Bertz CT molecular complexity index is 961. The van der Waals surface area contributed by atoms with Crippen LogP contribution in [0.1, 0.15) is 63.3 Å². The number of unbranched alkanes of at least 4 members (excludes halogenated alkanes) is 2. The lowest BCUT2D eigenvalue weighted by Gasteiger charge is -2.27. The molecule has 1 unspecified atom stereocenters. The number of aromatic nitrogens is 4. The maximum absolute atomic E-state index is 12.0. The van der Waals surface area contributed by atoms with Crippen molar-refractivity contribution in [2.24, 2.45) is 13.0 Å². The molecule has 1 aliphatic rings. The number of carboxylic acids is 1. The molecule has 180 valence electrons. The van der Waals surface area contributed by atoms with Crippen LogP contribution in [0.3, 0.4) is 0 Å². The first-order valence-corrected chi connectivity index (χ1v) is 11.6. The average Bonchev–Trinajstić information content (AvgIpc) is 3.17. The predicted molar refractivity (Wildman–Crippen MR) is 121 cm³/mol. The molecule has 2 aromatic heterocycles. The Balaban J connectivity index is 1.64. The molecule has 33 heavy (non-hydrogen) atoms. The number of alkyl carbamates (subject to hydrolysis) is 1. The van der Waals surface area contributed by atoms with Crippen molar-refractivity contribution in [2.75, 3.05) is 6.61 Å². The van der Waals surface area contributed by atoms with Gasteiger partial charge in [-0.3, -0.25) is 4.79 Å². The first-order chi connectivity index (χ1) is 15.9. The number of aliphatic carboxylic acids is 1. The molecule has 2 heterocycles. The summed E-state index contributed by atoms with van der Waals surface area (Å²) in [6.07, 6.45) is 5.19. The van der Waals surface area contributed by atoms with Crippen LogP contribution in [-0.4, -0.2) is 49.9 Å². The summed E-state index contributed by atoms with van der Waals surface area (Å²) in [5, 5.41) is 20.3. The third-order valence-electron chi connectivity index (χ3n) is 5.87. The van der Waals surface area contributed by atoms with E-state index in [1.54, 1.807) is 17.8 Å². The molecule has 10 nitrogen and oxygen atoms in total. The van der Waals surface area contributed by atoms with Crippen molar-refractivity contribution in [1.29, 1.82) is 0 Å². The fraction of sp³-hybridized carbons (Fsp3) is 0.609. The predicted octanol–water partition coefficient (Wildman–Crippen LogP) is 3.62. The molecule has 3 rings (SSSR count). The normalized spacial score (nSPS) is 18.0. The molecule has 2 N–H and O–H groups in total. The molecule has 2 atom stereocenters. The van der Waals surface area contributed by atoms with Gasteiger partial charge in [0.1, 0.15) is 11.4 Å². The van der Waals surface area contributed by atoms with Crippen LogP contribution >= 0.6 is 0 Å². The zero-order valence-electron chi connectivity index (χ0n) is 19.5. The number of ether oxygens (including phenoxy) is 2. The molecule has 0 saturated heterocycles. The number of amides is 1. The number of nitrogens with one attached hydrogen (secondary N) is 1. The van der Waals surface area contributed by atoms with Crippen LogP contribution in [0.5, 0.6) is 5.75 Å². The smallest absolute Gasteiger partial charge is 0.407 e. The zero-order chi connectivity index (χ0) is 23.8. The molecule has 1 amide bonds. The lowest BCUT2D eigenvalue weighted by atomic mass is 9.87. The van der Waals surface area contributed by atoms with E-state index >= 15 is 0 Å². The van der Waals surface area contributed by atoms with Gasteiger partial charge < -0.3 is 19.9 Å². The first-order valence-electron chi connectivity index (χ1n) is 11.6. The number of carbonyl (C=O) groups is 2. The zero-order valence-corrected chi connectivity index (χ0v) is 19.5. The van der Waals surface area contributed by atoms with Crippen LogP contribution in [0.4, 0.5) is 4.79 Å². The summed E-state index contributed by atoms with van der Waals surface area (Å²) in [5.41, 5.74) is 2.58. The molecule has 0 bridgehead atoms. The molecule has 10 heteroatoms. The molecule has 1 aliphatic carbocycles. The summed E-state index contributed by atoms with van der Waals surface area (Å²) in [6, 6.07) is 3.63. The highest BCUT2D eigenvalue weighted by molar-refractivity contribution is 5.70. The highest BCUT2D eigenvalue weighted by Gasteiger charge is 2.28. The largest absolute Gasteiger partial charge is 0.489 e. The van der Waals surface area contributed by atoms with Crippen molar-refractivity contribution in [3.05, 3.63) is 23.5 Å². The molecule has 0 aliphatic heterocycles. The second kappa shape index (κ2) is 11.6. The number of aryl methyl sites for hydroxylation is 2. The lowest BCUT2D eigenvalue weighted by molar-refractivity contribution is -0.143. The van der Waals surface area contributed by atoms with Gasteiger partial charge in [0.25, 0.3) is 0 Å². The Morgan fingerprint density at radius 1 is 1.27 bits per heavy atom. The SMILES string of the molecule is CCCCCOC(=O)NCc1c(-c2ccc(O[C@H]3CCCC(C(=O)O)C3)c(C)n2)nnn1C. The molecule has 0 spiro atoms. The summed E-state index contributed by atoms with van der Waals surface area (Å²) in [6.45, 7) is 4.55. The molecule has 1 fully saturated rings. The topological polar surface area (TPSA) is 128 Å². The minimum atomic E-state index is -0.762. The van der Waals surface area contributed by atoms with Crippen LogP contribution in [-0.2, 0) is 23.1 Å². The maximum Gasteiger partial charge on any atom is 0.407 e. The van der Waals surface area contributed by atoms with E-state index in [0.29, 0.717) is 48.0 Å². The van der Waals surface area contributed by atoms with Gasteiger partial charge in [0.2, 0.25) is 0 Å². The number of hydrogen-bond donors (Lipinski definition) is 2. The van der Waals surface area contributed by atoms with Gasteiger partial charge in [-0.1, -0.05) is 25.0 Å². The number of carboxylic acid groups (broad SMARTS) is 1.